The monoisotopic (exact) mass is 223 g/mol. The van der Waals surface area contributed by atoms with Crippen LogP contribution in [0.3, 0.4) is 0 Å². The zero-order valence-electron chi connectivity index (χ0n) is 10.5. The van der Waals surface area contributed by atoms with Crippen LogP contribution in [0.25, 0.3) is 0 Å². The van der Waals surface area contributed by atoms with Crippen LogP contribution in [0, 0.1) is 11.7 Å². The Morgan fingerprint density at radius 3 is 2.62 bits per heavy atom. The molecule has 2 unspecified atom stereocenters. The quantitative estimate of drug-likeness (QED) is 0.771. The summed E-state index contributed by atoms with van der Waals surface area (Å²) in [6.45, 7) is 7.50. The maximum Gasteiger partial charge on any atom is 0.123 e. The van der Waals surface area contributed by atoms with Gasteiger partial charge in [0, 0.05) is 6.04 Å². The van der Waals surface area contributed by atoms with E-state index in [0.717, 1.165) is 24.9 Å². The van der Waals surface area contributed by atoms with E-state index >= 15 is 0 Å². The standard InChI is InChI=1S/C14H22FN/c1-4-9-16-14(11(3)5-2)12-7-6-8-13(15)10-12/h6-8,10-11,14,16H,4-5,9H2,1-3H3. The van der Waals surface area contributed by atoms with Crippen LogP contribution in [0.1, 0.15) is 45.2 Å². The summed E-state index contributed by atoms with van der Waals surface area (Å²) in [5.41, 5.74) is 1.06. The van der Waals surface area contributed by atoms with Gasteiger partial charge in [0.2, 0.25) is 0 Å². The molecule has 90 valence electrons. The first-order valence-corrected chi connectivity index (χ1v) is 6.17. The molecule has 0 saturated carbocycles. The maximum atomic E-state index is 13.2. The van der Waals surface area contributed by atoms with Crippen molar-refractivity contribution in [3.63, 3.8) is 0 Å². The van der Waals surface area contributed by atoms with E-state index in [0.29, 0.717) is 5.92 Å². The van der Waals surface area contributed by atoms with E-state index in [1.54, 1.807) is 12.1 Å². The molecule has 0 aliphatic carbocycles. The van der Waals surface area contributed by atoms with Crippen molar-refractivity contribution in [3.8, 4) is 0 Å². The van der Waals surface area contributed by atoms with Crippen molar-refractivity contribution in [1.29, 1.82) is 0 Å². The van der Waals surface area contributed by atoms with Crippen LogP contribution in [0.5, 0.6) is 0 Å². The lowest BCUT2D eigenvalue weighted by Gasteiger charge is -2.24. The highest BCUT2D eigenvalue weighted by atomic mass is 19.1. The SMILES string of the molecule is CCCNC(c1cccc(F)c1)C(C)CC. The van der Waals surface area contributed by atoms with Crippen LogP contribution < -0.4 is 5.32 Å². The summed E-state index contributed by atoms with van der Waals surface area (Å²) in [6.07, 6.45) is 2.19. The van der Waals surface area contributed by atoms with Crippen LogP contribution in [0.2, 0.25) is 0 Å². The Morgan fingerprint density at radius 1 is 1.31 bits per heavy atom. The fourth-order valence-electron chi connectivity index (χ4n) is 1.88. The predicted molar refractivity (Wildman–Crippen MR) is 66.9 cm³/mol. The third-order valence-electron chi connectivity index (χ3n) is 3.04. The molecule has 2 atom stereocenters. The van der Waals surface area contributed by atoms with Gasteiger partial charge >= 0.3 is 0 Å². The molecule has 1 N–H and O–H groups in total. The molecule has 0 aliphatic heterocycles. The first-order valence-electron chi connectivity index (χ1n) is 6.17. The summed E-state index contributed by atoms with van der Waals surface area (Å²) >= 11 is 0. The van der Waals surface area contributed by atoms with Gasteiger partial charge in [0.25, 0.3) is 0 Å². The van der Waals surface area contributed by atoms with Crippen molar-refractivity contribution in [2.24, 2.45) is 5.92 Å². The Balaban J connectivity index is 2.82. The van der Waals surface area contributed by atoms with Crippen LogP contribution in [0.4, 0.5) is 4.39 Å². The average molecular weight is 223 g/mol. The highest BCUT2D eigenvalue weighted by Gasteiger charge is 2.17. The van der Waals surface area contributed by atoms with Gasteiger partial charge in [0.15, 0.2) is 0 Å². The average Bonchev–Trinajstić information content (AvgIpc) is 2.29. The molecular weight excluding hydrogens is 201 g/mol. The summed E-state index contributed by atoms with van der Waals surface area (Å²) in [6, 6.07) is 7.19. The third kappa shape index (κ3) is 3.60. The number of benzene rings is 1. The summed E-state index contributed by atoms with van der Waals surface area (Å²) in [7, 11) is 0. The van der Waals surface area contributed by atoms with Gasteiger partial charge < -0.3 is 5.32 Å². The van der Waals surface area contributed by atoms with Crippen molar-refractivity contribution in [3.05, 3.63) is 35.6 Å². The normalized spacial score (nSPS) is 14.8. The number of hydrogen-bond donors (Lipinski definition) is 1. The molecule has 0 aromatic heterocycles. The molecule has 0 heterocycles. The van der Waals surface area contributed by atoms with Crippen LogP contribution in [-0.2, 0) is 0 Å². The largest absolute Gasteiger partial charge is 0.310 e. The highest BCUT2D eigenvalue weighted by Crippen LogP contribution is 2.24. The molecule has 1 aromatic carbocycles. The Labute approximate surface area is 98.1 Å². The van der Waals surface area contributed by atoms with E-state index in [1.807, 2.05) is 6.07 Å². The minimum Gasteiger partial charge on any atom is -0.310 e. The van der Waals surface area contributed by atoms with E-state index in [4.69, 9.17) is 0 Å². The van der Waals surface area contributed by atoms with Crippen molar-refractivity contribution < 1.29 is 4.39 Å². The molecule has 0 saturated heterocycles. The van der Waals surface area contributed by atoms with Crippen molar-refractivity contribution in [1.82, 2.24) is 5.32 Å². The fraction of sp³-hybridized carbons (Fsp3) is 0.571. The molecule has 0 fully saturated rings. The lowest BCUT2D eigenvalue weighted by Crippen LogP contribution is -2.27. The second-order valence-corrected chi connectivity index (χ2v) is 4.37. The van der Waals surface area contributed by atoms with Gasteiger partial charge in [-0.05, 0) is 36.6 Å². The van der Waals surface area contributed by atoms with Gasteiger partial charge in [-0.3, -0.25) is 0 Å². The van der Waals surface area contributed by atoms with Crippen LogP contribution in [-0.4, -0.2) is 6.54 Å². The van der Waals surface area contributed by atoms with Gasteiger partial charge in [-0.25, -0.2) is 4.39 Å². The van der Waals surface area contributed by atoms with Crippen molar-refractivity contribution in [2.45, 2.75) is 39.7 Å². The zero-order chi connectivity index (χ0) is 12.0. The topological polar surface area (TPSA) is 12.0 Å². The molecule has 0 bridgehead atoms. The number of hydrogen-bond acceptors (Lipinski definition) is 1. The van der Waals surface area contributed by atoms with Gasteiger partial charge in [-0.15, -0.1) is 0 Å². The van der Waals surface area contributed by atoms with E-state index in [1.165, 1.54) is 6.07 Å². The summed E-state index contributed by atoms with van der Waals surface area (Å²) in [5.74, 6) is 0.373. The first-order chi connectivity index (χ1) is 7.69. The molecular formula is C14H22FN. The van der Waals surface area contributed by atoms with Crippen molar-refractivity contribution in [2.75, 3.05) is 6.54 Å². The lowest BCUT2D eigenvalue weighted by atomic mass is 9.92. The smallest absolute Gasteiger partial charge is 0.123 e. The summed E-state index contributed by atoms with van der Waals surface area (Å²) < 4.78 is 13.2. The van der Waals surface area contributed by atoms with E-state index in [2.05, 4.69) is 26.1 Å². The first kappa shape index (κ1) is 13.2. The van der Waals surface area contributed by atoms with E-state index in [-0.39, 0.29) is 11.9 Å². The molecule has 2 heteroatoms. The number of nitrogens with one attached hydrogen (secondary N) is 1. The highest BCUT2D eigenvalue weighted by molar-refractivity contribution is 5.20. The molecule has 1 nitrogen and oxygen atoms in total. The third-order valence-corrected chi connectivity index (χ3v) is 3.04. The number of halogens is 1. The van der Waals surface area contributed by atoms with Gasteiger partial charge in [0.1, 0.15) is 5.82 Å². The minimum atomic E-state index is -0.149. The minimum absolute atomic E-state index is 0.149. The second-order valence-electron chi connectivity index (χ2n) is 4.37. The van der Waals surface area contributed by atoms with Crippen LogP contribution >= 0.6 is 0 Å². The fourth-order valence-corrected chi connectivity index (χ4v) is 1.88. The molecule has 16 heavy (non-hydrogen) atoms. The molecule has 0 amide bonds. The molecule has 1 rings (SSSR count). The van der Waals surface area contributed by atoms with Gasteiger partial charge in [-0.2, -0.15) is 0 Å². The van der Waals surface area contributed by atoms with E-state index in [9.17, 15) is 4.39 Å². The zero-order valence-corrected chi connectivity index (χ0v) is 10.5. The Bertz CT molecular complexity index is 311. The molecule has 0 spiro atoms. The Kier molecular flexibility index (Phi) is 5.47. The lowest BCUT2D eigenvalue weighted by molar-refractivity contribution is 0.376. The molecule has 1 aromatic rings. The Morgan fingerprint density at radius 2 is 2.06 bits per heavy atom. The van der Waals surface area contributed by atoms with Gasteiger partial charge in [0.05, 0.1) is 0 Å². The van der Waals surface area contributed by atoms with Gasteiger partial charge in [-0.1, -0.05) is 39.3 Å². The summed E-state index contributed by atoms with van der Waals surface area (Å²) in [4.78, 5) is 0. The Hall–Kier alpha value is -0.890. The number of rotatable bonds is 6. The van der Waals surface area contributed by atoms with E-state index < -0.39 is 0 Å². The summed E-state index contributed by atoms with van der Waals surface area (Å²) in [5, 5.41) is 3.50. The molecule has 0 radical (unpaired) electrons. The van der Waals surface area contributed by atoms with Crippen molar-refractivity contribution >= 4 is 0 Å². The predicted octanol–water partition coefficient (Wildman–Crippen LogP) is 3.91. The maximum absolute atomic E-state index is 13.2. The van der Waals surface area contributed by atoms with Crippen LogP contribution in [0.15, 0.2) is 24.3 Å². The second kappa shape index (κ2) is 6.64. The molecule has 0 aliphatic rings.